The van der Waals surface area contributed by atoms with Gasteiger partial charge < -0.3 is 14.6 Å². The number of nitrogens with one attached hydrogen (secondary N) is 1. The molecule has 0 unspecified atom stereocenters. The first kappa shape index (κ1) is 19.5. The van der Waals surface area contributed by atoms with Gasteiger partial charge in [0.15, 0.2) is 11.0 Å². The molecule has 0 radical (unpaired) electrons. The second-order valence-corrected chi connectivity index (χ2v) is 8.07. The molecule has 150 valence electrons. The lowest BCUT2D eigenvalue weighted by molar-refractivity contribution is -0.113. The largest absolute Gasteiger partial charge is 0.497 e. The second kappa shape index (κ2) is 8.69. The Morgan fingerprint density at radius 2 is 1.97 bits per heavy atom. The van der Waals surface area contributed by atoms with Gasteiger partial charge in [-0.25, -0.2) is 0 Å². The molecule has 1 aromatic heterocycles. The van der Waals surface area contributed by atoms with Crippen molar-refractivity contribution in [2.45, 2.75) is 30.8 Å². The Morgan fingerprint density at radius 1 is 1.14 bits per heavy atom. The number of ether oxygens (including phenoxy) is 1. The van der Waals surface area contributed by atoms with E-state index < -0.39 is 0 Å². The molecule has 0 saturated carbocycles. The fourth-order valence-corrected chi connectivity index (χ4v) is 4.30. The number of benzene rings is 2. The number of hydrogen-bond donors (Lipinski definition) is 1. The van der Waals surface area contributed by atoms with Gasteiger partial charge in [-0.1, -0.05) is 30.0 Å². The van der Waals surface area contributed by atoms with E-state index in [2.05, 4.69) is 33.7 Å². The number of nitrogens with zero attached hydrogens (tertiary/aromatic N) is 3. The summed E-state index contributed by atoms with van der Waals surface area (Å²) < 4.78 is 7.14. The van der Waals surface area contributed by atoms with E-state index in [1.165, 1.54) is 35.7 Å². The number of carbonyl (C=O) groups excluding carboxylic acids is 1. The van der Waals surface area contributed by atoms with Gasteiger partial charge in [-0.15, -0.1) is 10.2 Å². The summed E-state index contributed by atoms with van der Waals surface area (Å²) in [5.41, 5.74) is 4.66. The molecule has 0 fully saturated rings. The number of carbonyl (C=O) groups is 1. The van der Waals surface area contributed by atoms with E-state index in [0.717, 1.165) is 29.4 Å². The summed E-state index contributed by atoms with van der Waals surface area (Å²) in [7, 11) is 3.54. The third kappa shape index (κ3) is 4.45. The number of aromatic nitrogens is 3. The number of anilines is 1. The molecule has 4 rings (SSSR count). The van der Waals surface area contributed by atoms with Gasteiger partial charge in [-0.05, 0) is 55.0 Å². The van der Waals surface area contributed by atoms with Crippen molar-refractivity contribution < 1.29 is 9.53 Å². The van der Waals surface area contributed by atoms with Crippen molar-refractivity contribution >= 4 is 23.4 Å². The highest BCUT2D eigenvalue weighted by Crippen LogP contribution is 2.28. The fraction of sp³-hybridized carbons (Fsp3) is 0.318. The maximum Gasteiger partial charge on any atom is 0.234 e. The number of rotatable bonds is 6. The van der Waals surface area contributed by atoms with Crippen LogP contribution in [0, 0.1) is 0 Å². The van der Waals surface area contributed by atoms with E-state index in [1.54, 1.807) is 13.2 Å². The first-order valence-corrected chi connectivity index (χ1v) is 10.7. The Morgan fingerprint density at radius 3 is 2.79 bits per heavy atom. The van der Waals surface area contributed by atoms with Crippen LogP contribution >= 0.6 is 11.8 Å². The van der Waals surface area contributed by atoms with Gasteiger partial charge >= 0.3 is 0 Å². The van der Waals surface area contributed by atoms with Gasteiger partial charge in [0.1, 0.15) is 5.75 Å². The minimum absolute atomic E-state index is 0.0958. The molecule has 1 aliphatic carbocycles. The summed E-state index contributed by atoms with van der Waals surface area (Å²) in [6, 6.07) is 13.9. The maximum atomic E-state index is 12.3. The minimum Gasteiger partial charge on any atom is -0.497 e. The highest BCUT2D eigenvalue weighted by Gasteiger charge is 2.16. The van der Waals surface area contributed by atoms with Crippen molar-refractivity contribution in [1.82, 2.24) is 14.8 Å². The van der Waals surface area contributed by atoms with Crippen LogP contribution in [0.3, 0.4) is 0 Å². The van der Waals surface area contributed by atoms with Crippen molar-refractivity contribution in [2.24, 2.45) is 7.05 Å². The Kier molecular flexibility index (Phi) is 5.85. The highest BCUT2D eigenvalue weighted by atomic mass is 32.2. The molecule has 1 heterocycles. The lowest BCUT2D eigenvalue weighted by Crippen LogP contribution is -2.14. The Balaban J connectivity index is 1.41. The number of methoxy groups -OCH3 is 1. The zero-order valence-electron chi connectivity index (χ0n) is 16.6. The molecule has 0 atom stereocenters. The van der Waals surface area contributed by atoms with Crippen LogP contribution in [0.15, 0.2) is 47.6 Å². The van der Waals surface area contributed by atoms with Crippen molar-refractivity contribution in [3.8, 4) is 17.1 Å². The number of fused-ring (bicyclic) bond motifs is 1. The Labute approximate surface area is 174 Å². The van der Waals surface area contributed by atoms with Gasteiger partial charge in [0.25, 0.3) is 0 Å². The Bertz CT molecular complexity index is 1030. The molecular formula is C22H24N4O2S. The zero-order chi connectivity index (χ0) is 20.2. The van der Waals surface area contributed by atoms with Crippen molar-refractivity contribution in [3.05, 3.63) is 53.6 Å². The van der Waals surface area contributed by atoms with Crippen LogP contribution in [-0.2, 0) is 24.7 Å². The van der Waals surface area contributed by atoms with Crippen molar-refractivity contribution in [3.63, 3.8) is 0 Å². The van der Waals surface area contributed by atoms with Crippen LogP contribution < -0.4 is 10.1 Å². The molecule has 0 spiro atoms. The molecule has 29 heavy (non-hydrogen) atoms. The maximum absolute atomic E-state index is 12.3. The Hall–Kier alpha value is -2.80. The topological polar surface area (TPSA) is 69.0 Å². The number of amides is 1. The molecular weight excluding hydrogens is 384 g/mol. The molecule has 1 amide bonds. The number of hydrogen-bond acceptors (Lipinski definition) is 5. The second-order valence-electron chi connectivity index (χ2n) is 7.12. The average Bonchev–Trinajstić information content (AvgIpc) is 3.12. The highest BCUT2D eigenvalue weighted by molar-refractivity contribution is 7.99. The van der Waals surface area contributed by atoms with Crippen molar-refractivity contribution in [2.75, 3.05) is 18.2 Å². The summed E-state index contributed by atoms with van der Waals surface area (Å²) >= 11 is 1.37. The predicted molar refractivity (Wildman–Crippen MR) is 115 cm³/mol. The summed E-state index contributed by atoms with van der Waals surface area (Å²) in [5.74, 6) is 1.70. The average molecular weight is 409 g/mol. The minimum atomic E-state index is -0.0958. The van der Waals surface area contributed by atoms with E-state index in [1.807, 2.05) is 29.8 Å². The quantitative estimate of drug-likeness (QED) is 0.622. The van der Waals surface area contributed by atoms with Crippen molar-refractivity contribution in [1.29, 1.82) is 0 Å². The summed E-state index contributed by atoms with van der Waals surface area (Å²) in [6.45, 7) is 0. The van der Waals surface area contributed by atoms with E-state index in [9.17, 15) is 4.79 Å². The van der Waals surface area contributed by atoms with Crippen LogP contribution in [-0.4, -0.2) is 33.5 Å². The van der Waals surface area contributed by atoms with E-state index in [-0.39, 0.29) is 11.7 Å². The first-order valence-electron chi connectivity index (χ1n) is 9.72. The van der Waals surface area contributed by atoms with E-state index in [0.29, 0.717) is 11.4 Å². The predicted octanol–water partition coefficient (Wildman–Crippen LogP) is 4.10. The van der Waals surface area contributed by atoms with Crippen LogP contribution in [0.5, 0.6) is 5.75 Å². The molecule has 6 nitrogen and oxygen atoms in total. The van der Waals surface area contributed by atoms with Crippen LogP contribution in [0.2, 0.25) is 0 Å². The molecule has 0 aliphatic heterocycles. The van der Waals surface area contributed by atoms with Gasteiger partial charge in [0, 0.05) is 24.4 Å². The third-order valence-corrected chi connectivity index (χ3v) is 6.15. The molecule has 3 aromatic rings. The molecule has 2 aromatic carbocycles. The number of thioether (sulfide) groups is 1. The third-order valence-electron chi connectivity index (χ3n) is 5.13. The lowest BCUT2D eigenvalue weighted by atomic mass is 9.90. The van der Waals surface area contributed by atoms with E-state index in [4.69, 9.17) is 4.74 Å². The molecule has 0 bridgehead atoms. The first-order chi connectivity index (χ1) is 14.1. The smallest absolute Gasteiger partial charge is 0.234 e. The fourth-order valence-electron chi connectivity index (χ4n) is 3.59. The lowest BCUT2D eigenvalue weighted by Gasteiger charge is -2.16. The molecule has 1 N–H and O–H groups in total. The standard InChI is InChI=1S/C22H24N4O2S/c1-26-21(17-11-10-15-6-3-4-7-16(15)12-17)24-25-22(26)29-14-20(27)23-18-8-5-9-19(13-18)28-2/h5,8-13H,3-4,6-7,14H2,1-2H3,(H,23,27). The molecule has 7 heteroatoms. The van der Waals surface area contributed by atoms with Gasteiger partial charge in [0.05, 0.1) is 12.9 Å². The zero-order valence-corrected chi connectivity index (χ0v) is 17.5. The molecule has 1 aliphatic rings. The van der Waals surface area contributed by atoms with Gasteiger partial charge in [-0.3, -0.25) is 4.79 Å². The monoisotopic (exact) mass is 408 g/mol. The number of aryl methyl sites for hydroxylation is 2. The van der Waals surface area contributed by atoms with Crippen LogP contribution in [0.1, 0.15) is 24.0 Å². The van der Waals surface area contributed by atoms with Crippen LogP contribution in [0.25, 0.3) is 11.4 Å². The van der Waals surface area contributed by atoms with Gasteiger partial charge in [0.2, 0.25) is 5.91 Å². The summed E-state index contributed by atoms with van der Waals surface area (Å²) in [5, 5.41) is 12.3. The van der Waals surface area contributed by atoms with Crippen LogP contribution in [0.4, 0.5) is 5.69 Å². The summed E-state index contributed by atoms with van der Waals surface area (Å²) in [4.78, 5) is 12.3. The molecule has 0 saturated heterocycles. The normalized spacial score (nSPS) is 13.0. The van der Waals surface area contributed by atoms with Gasteiger partial charge in [-0.2, -0.15) is 0 Å². The SMILES string of the molecule is COc1cccc(NC(=O)CSc2nnc(-c3ccc4c(c3)CCCC4)n2C)c1. The summed E-state index contributed by atoms with van der Waals surface area (Å²) in [6.07, 6.45) is 4.82. The van der Waals surface area contributed by atoms with E-state index >= 15 is 0 Å².